The fourth-order valence-corrected chi connectivity index (χ4v) is 2.74. The van der Waals surface area contributed by atoms with E-state index in [9.17, 15) is 18.0 Å². The summed E-state index contributed by atoms with van der Waals surface area (Å²) in [6.45, 7) is 1.64. The zero-order valence-corrected chi connectivity index (χ0v) is 16.0. The molecule has 0 saturated heterocycles. The van der Waals surface area contributed by atoms with Crippen molar-refractivity contribution in [2.75, 3.05) is 6.61 Å². The Hall–Kier alpha value is -3.55. The van der Waals surface area contributed by atoms with Crippen LogP contribution in [0.1, 0.15) is 35.6 Å². The Morgan fingerprint density at radius 2 is 1.57 bits per heavy atom. The maximum atomic E-state index is 13.1. The van der Waals surface area contributed by atoms with Crippen LogP contribution in [-0.2, 0) is 15.7 Å². The van der Waals surface area contributed by atoms with Crippen molar-refractivity contribution in [3.63, 3.8) is 0 Å². The molecule has 0 saturated carbocycles. The van der Waals surface area contributed by atoms with Gasteiger partial charge in [-0.15, -0.1) is 0 Å². The lowest BCUT2D eigenvalue weighted by molar-refractivity contribution is -0.146. The lowest BCUT2D eigenvalue weighted by Crippen LogP contribution is -2.21. The summed E-state index contributed by atoms with van der Waals surface area (Å²) in [6, 6.07) is 17.3. The van der Waals surface area contributed by atoms with E-state index in [1.807, 2.05) is 12.1 Å². The van der Waals surface area contributed by atoms with Gasteiger partial charge in [0.15, 0.2) is 5.82 Å². The van der Waals surface area contributed by atoms with Crippen LogP contribution in [0.5, 0.6) is 0 Å². The molecule has 5 nitrogen and oxygen atoms in total. The van der Waals surface area contributed by atoms with Crippen LogP contribution in [0.3, 0.4) is 0 Å². The zero-order valence-electron chi connectivity index (χ0n) is 16.0. The summed E-state index contributed by atoms with van der Waals surface area (Å²) in [5, 5.41) is 0. The third-order valence-corrected chi connectivity index (χ3v) is 4.07. The van der Waals surface area contributed by atoms with Gasteiger partial charge in [-0.2, -0.15) is 13.2 Å². The van der Waals surface area contributed by atoms with Gasteiger partial charge in [-0.1, -0.05) is 60.7 Å². The number of benzene rings is 2. The van der Waals surface area contributed by atoms with E-state index in [1.54, 1.807) is 55.5 Å². The SMILES string of the molecule is CCOC(=O)C(N=C(c1ccccc1)c1ccccc1)c1nccc(C(F)(F)F)n1. The monoisotopic (exact) mass is 413 g/mol. The molecule has 30 heavy (non-hydrogen) atoms. The molecule has 0 bridgehead atoms. The average molecular weight is 413 g/mol. The van der Waals surface area contributed by atoms with Crippen molar-refractivity contribution < 1.29 is 22.7 Å². The third-order valence-electron chi connectivity index (χ3n) is 4.07. The summed E-state index contributed by atoms with van der Waals surface area (Å²) < 4.78 is 44.4. The summed E-state index contributed by atoms with van der Waals surface area (Å²) >= 11 is 0. The number of carbonyl (C=O) groups excluding carboxylic acids is 1. The standard InChI is InChI=1S/C22H18F3N3O2/c1-2-30-21(29)19(20-26-14-13-17(27-20)22(23,24)25)28-18(15-9-5-3-6-10-15)16-11-7-4-8-12-16/h3-14,19H,2H2,1H3. The number of hydrogen-bond acceptors (Lipinski definition) is 5. The van der Waals surface area contributed by atoms with Crippen LogP contribution in [0, 0.1) is 0 Å². The molecule has 0 N–H and O–H groups in total. The van der Waals surface area contributed by atoms with Crippen LogP contribution in [0.2, 0.25) is 0 Å². The molecule has 1 heterocycles. The van der Waals surface area contributed by atoms with Gasteiger partial charge in [0.1, 0.15) is 5.69 Å². The minimum Gasteiger partial charge on any atom is -0.464 e. The van der Waals surface area contributed by atoms with Gasteiger partial charge >= 0.3 is 12.1 Å². The number of hydrogen-bond donors (Lipinski definition) is 0. The Kier molecular flexibility index (Phi) is 6.56. The maximum Gasteiger partial charge on any atom is 0.433 e. The van der Waals surface area contributed by atoms with E-state index in [1.165, 1.54) is 0 Å². The van der Waals surface area contributed by atoms with Gasteiger partial charge in [-0.3, -0.25) is 4.99 Å². The zero-order chi connectivity index (χ0) is 21.6. The first-order valence-electron chi connectivity index (χ1n) is 9.15. The highest BCUT2D eigenvalue weighted by atomic mass is 19.4. The quantitative estimate of drug-likeness (QED) is 0.436. The molecule has 3 rings (SSSR count). The van der Waals surface area contributed by atoms with E-state index in [4.69, 9.17) is 4.74 Å². The fourth-order valence-electron chi connectivity index (χ4n) is 2.74. The van der Waals surface area contributed by atoms with Crippen molar-refractivity contribution >= 4 is 11.7 Å². The third kappa shape index (κ3) is 5.08. The Morgan fingerprint density at radius 3 is 2.07 bits per heavy atom. The molecule has 3 aromatic rings. The molecule has 8 heteroatoms. The van der Waals surface area contributed by atoms with E-state index >= 15 is 0 Å². The Bertz CT molecular complexity index is 981. The normalized spacial score (nSPS) is 12.1. The predicted molar refractivity (Wildman–Crippen MR) is 105 cm³/mol. The number of halogens is 3. The van der Waals surface area contributed by atoms with E-state index in [0.717, 1.165) is 12.3 Å². The molecule has 0 aliphatic carbocycles. The molecule has 1 unspecified atom stereocenters. The largest absolute Gasteiger partial charge is 0.464 e. The molecule has 0 amide bonds. The van der Waals surface area contributed by atoms with Gasteiger partial charge in [0.2, 0.25) is 6.04 Å². The summed E-state index contributed by atoms with van der Waals surface area (Å²) in [5.41, 5.74) is 0.628. The Morgan fingerprint density at radius 1 is 1.00 bits per heavy atom. The number of esters is 1. The van der Waals surface area contributed by atoms with Gasteiger partial charge in [-0.05, 0) is 13.0 Å². The van der Waals surface area contributed by atoms with Crippen molar-refractivity contribution in [3.8, 4) is 0 Å². The van der Waals surface area contributed by atoms with Crippen LogP contribution < -0.4 is 0 Å². The first-order chi connectivity index (χ1) is 14.4. The highest BCUT2D eigenvalue weighted by molar-refractivity contribution is 6.13. The van der Waals surface area contributed by atoms with Gasteiger partial charge in [-0.25, -0.2) is 14.8 Å². The summed E-state index contributed by atoms with van der Waals surface area (Å²) in [6.07, 6.45) is -3.72. The number of carbonyl (C=O) groups is 1. The van der Waals surface area contributed by atoms with E-state index in [2.05, 4.69) is 15.0 Å². The Balaban J connectivity index is 2.17. The van der Waals surface area contributed by atoms with Crippen molar-refractivity contribution in [2.45, 2.75) is 19.1 Å². The van der Waals surface area contributed by atoms with Gasteiger partial charge < -0.3 is 4.74 Å². The smallest absolute Gasteiger partial charge is 0.433 e. The molecule has 1 aromatic heterocycles. The first kappa shape index (κ1) is 21.2. The molecule has 0 fully saturated rings. The predicted octanol–water partition coefficient (Wildman–Crippen LogP) is 4.64. The second kappa shape index (κ2) is 9.30. The number of aliphatic imine (C=N–C) groups is 1. The minimum atomic E-state index is -4.68. The number of ether oxygens (including phenoxy) is 1. The molecular formula is C22H18F3N3O2. The number of rotatable bonds is 6. The van der Waals surface area contributed by atoms with E-state index < -0.39 is 23.9 Å². The number of alkyl halides is 3. The van der Waals surface area contributed by atoms with Crippen molar-refractivity contribution in [2.24, 2.45) is 4.99 Å². The second-order valence-corrected chi connectivity index (χ2v) is 6.16. The summed E-state index contributed by atoms with van der Waals surface area (Å²) in [5.74, 6) is -1.21. The Labute approximate surface area is 171 Å². The fraction of sp³-hybridized carbons (Fsp3) is 0.182. The topological polar surface area (TPSA) is 64.4 Å². The van der Waals surface area contributed by atoms with Crippen LogP contribution in [0.15, 0.2) is 77.9 Å². The second-order valence-electron chi connectivity index (χ2n) is 6.16. The molecule has 0 aliphatic rings. The highest BCUT2D eigenvalue weighted by Crippen LogP contribution is 2.29. The summed E-state index contributed by atoms with van der Waals surface area (Å²) in [4.78, 5) is 24.5. The van der Waals surface area contributed by atoms with Crippen LogP contribution >= 0.6 is 0 Å². The van der Waals surface area contributed by atoms with Crippen LogP contribution in [0.25, 0.3) is 0 Å². The van der Waals surface area contributed by atoms with Crippen molar-refractivity contribution in [1.82, 2.24) is 9.97 Å². The van der Waals surface area contributed by atoms with E-state index in [-0.39, 0.29) is 12.4 Å². The molecule has 0 radical (unpaired) electrons. The molecule has 154 valence electrons. The van der Waals surface area contributed by atoms with Gasteiger partial charge in [0, 0.05) is 17.3 Å². The highest BCUT2D eigenvalue weighted by Gasteiger charge is 2.35. The number of aromatic nitrogens is 2. The van der Waals surface area contributed by atoms with Crippen LogP contribution in [0.4, 0.5) is 13.2 Å². The van der Waals surface area contributed by atoms with Crippen molar-refractivity contribution in [1.29, 1.82) is 0 Å². The molecule has 2 aromatic carbocycles. The summed E-state index contributed by atoms with van der Waals surface area (Å²) in [7, 11) is 0. The van der Waals surface area contributed by atoms with Gasteiger partial charge in [0.05, 0.1) is 12.3 Å². The molecule has 0 aliphatic heterocycles. The minimum absolute atomic E-state index is 0.0375. The van der Waals surface area contributed by atoms with Gasteiger partial charge in [0.25, 0.3) is 0 Å². The average Bonchev–Trinajstić information content (AvgIpc) is 2.75. The molecule has 0 spiro atoms. The molecule has 1 atom stereocenters. The van der Waals surface area contributed by atoms with Crippen molar-refractivity contribution in [3.05, 3.63) is 95.6 Å². The maximum absolute atomic E-state index is 13.1. The van der Waals surface area contributed by atoms with E-state index in [0.29, 0.717) is 16.8 Å². The van der Waals surface area contributed by atoms with Crippen LogP contribution in [-0.4, -0.2) is 28.3 Å². The lowest BCUT2D eigenvalue weighted by Gasteiger charge is -2.15. The lowest BCUT2D eigenvalue weighted by atomic mass is 10.0. The molecular weight excluding hydrogens is 395 g/mol. The number of nitrogens with zero attached hydrogens (tertiary/aromatic N) is 3. The first-order valence-corrected chi connectivity index (χ1v) is 9.15.